The van der Waals surface area contributed by atoms with E-state index in [0.717, 1.165) is 17.7 Å². The molecule has 1 aromatic carbocycles. The molecule has 1 aromatic heterocycles. The molecule has 0 bridgehead atoms. The summed E-state index contributed by atoms with van der Waals surface area (Å²) in [7, 11) is 0. The molecule has 2 rings (SSSR count). The summed E-state index contributed by atoms with van der Waals surface area (Å²) in [6, 6.07) is 8.46. The number of nitrogens with one attached hydrogen (secondary N) is 1. The van der Waals surface area contributed by atoms with Crippen molar-refractivity contribution >= 4 is 17.3 Å². The first-order valence-electron chi connectivity index (χ1n) is 6.36. The number of halogens is 4. The Morgan fingerprint density at radius 2 is 2.00 bits per heavy atom. The zero-order valence-electron chi connectivity index (χ0n) is 11.3. The molecule has 2 aromatic rings. The number of anilines is 1. The quantitative estimate of drug-likeness (QED) is 0.853. The van der Waals surface area contributed by atoms with Gasteiger partial charge in [0.05, 0.1) is 17.2 Å². The highest BCUT2D eigenvalue weighted by atomic mass is 35.5. The van der Waals surface area contributed by atoms with E-state index in [1.165, 1.54) is 6.07 Å². The van der Waals surface area contributed by atoms with Crippen LogP contribution in [-0.2, 0) is 12.6 Å². The Hall–Kier alpha value is -2.26. The monoisotopic (exact) mass is 325 g/mol. The van der Waals surface area contributed by atoms with E-state index in [1.54, 1.807) is 18.3 Å². The lowest BCUT2D eigenvalue weighted by Crippen LogP contribution is -2.13. The Morgan fingerprint density at radius 1 is 1.23 bits per heavy atom. The summed E-state index contributed by atoms with van der Waals surface area (Å²) >= 11 is 5.66. The van der Waals surface area contributed by atoms with Crippen LogP contribution in [0.4, 0.5) is 18.9 Å². The minimum absolute atomic E-state index is 0.103. The molecule has 0 saturated heterocycles. The van der Waals surface area contributed by atoms with E-state index in [4.69, 9.17) is 16.9 Å². The number of hydrogen-bond donors (Lipinski definition) is 1. The summed E-state index contributed by atoms with van der Waals surface area (Å²) < 4.78 is 38.8. The summed E-state index contributed by atoms with van der Waals surface area (Å²) in [5.41, 5.74) is 0.125. The summed E-state index contributed by atoms with van der Waals surface area (Å²) in [6.45, 7) is 0.279. The Labute approximate surface area is 130 Å². The Balaban J connectivity index is 2.11. The molecule has 1 N–H and O–H groups in total. The first kappa shape index (κ1) is 16.1. The van der Waals surface area contributed by atoms with Gasteiger partial charge >= 0.3 is 6.18 Å². The lowest BCUT2D eigenvalue weighted by atomic mass is 10.1. The van der Waals surface area contributed by atoms with Gasteiger partial charge in [-0.2, -0.15) is 18.4 Å². The molecule has 22 heavy (non-hydrogen) atoms. The molecule has 0 saturated carbocycles. The van der Waals surface area contributed by atoms with Gasteiger partial charge in [0, 0.05) is 18.4 Å². The summed E-state index contributed by atoms with van der Waals surface area (Å²) in [4.78, 5) is 3.90. The van der Waals surface area contributed by atoms with Gasteiger partial charge in [0.15, 0.2) is 0 Å². The van der Waals surface area contributed by atoms with Crippen molar-refractivity contribution in [1.82, 2.24) is 4.98 Å². The summed E-state index contributed by atoms with van der Waals surface area (Å²) in [5.74, 6) is 0. The first-order valence-corrected chi connectivity index (χ1v) is 6.73. The SMILES string of the molecule is N#Cc1ccc(C(F)(F)F)c(NCCc2ccc(Cl)nc2)c1. The second-order valence-corrected chi connectivity index (χ2v) is 4.92. The zero-order valence-corrected chi connectivity index (χ0v) is 12.0. The predicted molar refractivity (Wildman–Crippen MR) is 77.6 cm³/mol. The van der Waals surface area contributed by atoms with E-state index < -0.39 is 11.7 Å². The van der Waals surface area contributed by atoms with Crippen LogP contribution in [0.5, 0.6) is 0 Å². The number of nitriles is 1. The maximum Gasteiger partial charge on any atom is 0.418 e. The molecule has 0 amide bonds. The van der Waals surface area contributed by atoms with E-state index in [9.17, 15) is 13.2 Å². The van der Waals surface area contributed by atoms with Gasteiger partial charge in [-0.05, 0) is 36.2 Å². The number of pyridine rings is 1. The lowest BCUT2D eigenvalue weighted by Gasteiger charge is -2.14. The third-order valence-electron chi connectivity index (χ3n) is 2.97. The van der Waals surface area contributed by atoms with Gasteiger partial charge in [-0.15, -0.1) is 0 Å². The average molecular weight is 326 g/mol. The van der Waals surface area contributed by atoms with E-state index in [2.05, 4.69) is 10.3 Å². The fraction of sp³-hybridized carbons (Fsp3) is 0.200. The van der Waals surface area contributed by atoms with Crippen molar-refractivity contribution in [2.45, 2.75) is 12.6 Å². The Kier molecular flexibility index (Phi) is 4.88. The molecule has 3 nitrogen and oxygen atoms in total. The van der Waals surface area contributed by atoms with Crippen LogP contribution in [-0.4, -0.2) is 11.5 Å². The Bertz CT molecular complexity index is 691. The normalized spacial score (nSPS) is 11.0. The molecule has 0 spiro atoms. The summed E-state index contributed by atoms with van der Waals surface area (Å²) in [5, 5.41) is 11.9. The van der Waals surface area contributed by atoms with Gasteiger partial charge in [-0.1, -0.05) is 17.7 Å². The van der Waals surface area contributed by atoms with Crippen LogP contribution in [0.1, 0.15) is 16.7 Å². The maximum absolute atomic E-state index is 12.9. The van der Waals surface area contributed by atoms with Gasteiger partial charge in [-0.3, -0.25) is 0 Å². The number of aromatic nitrogens is 1. The van der Waals surface area contributed by atoms with Crippen LogP contribution >= 0.6 is 11.6 Å². The molecule has 0 unspecified atom stereocenters. The standard InChI is InChI=1S/C15H11ClF3N3/c16-14-4-2-10(9-22-14)5-6-21-13-7-11(8-20)1-3-12(13)15(17,18)19/h1-4,7,9,21H,5-6H2. The van der Waals surface area contributed by atoms with E-state index in [1.807, 2.05) is 6.07 Å². The average Bonchev–Trinajstić information content (AvgIpc) is 2.48. The number of alkyl halides is 3. The fourth-order valence-electron chi connectivity index (χ4n) is 1.90. The summed E-state index contributed by atoms with van der Waals surface area (Å²) in [6.07, 6.45) is -2.42. The van der Waals surface area contributed by atoms with Crippen LogP contribution < -0.4 is 5.32 Å². The molecule has 0 aliphatic carbocycles. The van der Waals surface area contributed by atoms with Crippen molar-refractivity contribution < 1.29 is 13.2 Å². The van der Waals surface area contributed by atoms with Crippen molar-refractivity contribution in [1.29, 1.82) is 5.26 Å². The van der Waals surface area contributed by atoms with E-state index >= 15 is 0 Å². The van der Waals surface area contributed by atoms with Crippen molar-refractivity contribution in [3.8, 4) is 6.07 Å². The van der Waals surface area contributed by atoms with Crippen LogP contribution in [0.15, 0.2) is 36.5 Å². The lowest BCUT2D eigenvalue weighted by molar-refractivity contribution is -0.136. The van der Waals surface area contributed by atoms with Gasteiger partial charge in [-0.25, -0.2) is 4.98 Å². The topological polar surface area (TPSA) is 48.7 Å². The van der Waals surface area contributed by atoms with Crippen molar-refractivity contribution in [3.05, 3.63) is 58.4 Å². The number of rotatable bonds is 4. The number of hydrogen-bond acceptors (Lipinski definition) is 3. The highest BCUT2D eigenvalue weighted by Gasteiger charge is 2.33. The second kappa shape index (κ2) is 6.67. The molecule has 1 heterocycles. The van der Waals surface area contributed by atoms with Crippen LogP contribution in [0, 0.1) is 11.3 Å². The molecule has 0 atom stereocenters. The largest absolute Gasteiger partial charge is 0.418 e. The molecule has 0 fully saturated rings. The van der Waals surface area contributed by atoms with Crippen molar-refractivity contribution in [3.63, 3.8) is 0 Å². The predicted octanol–water partition coefficient (Wildman–Crippen LogP) is 4.28. The molecule has 0 radical (unpaired) electrons. The molecule has 114 valence electrons. The Morgan fingerprint density at radius 3 is 2.59 bits per heavy atom. The third-order valence-corrected chi connectivity index (χ3v) is 3.20. The smallest absolute Gasteiger partial charge is 0.384 e. The first-order chi connectivity index (χ1) is 10.4. The van der Waals surface area contributed by atoms with Crippen molar-refractivity contribution in [2.24, 2.45) is 0 Å². The zero-order chi connectivity index (χ0) is 16.2. The minimum Gasteiger partial charge on any atom is -0.384 e. The highest BCUT2D eigenvalue weighted by molar-refractivity contribution is 6.29. The van der Waals surface area contributed by atoms with E-state index in [-0.39, 0.29) is 17.8 Å². The number of nitrogens with zero attached hydrogens (tertiary/aromatic N) is 2. The van der Waals surface area contributed by atoms with Crippen molar-refractivity contribution in [2.75, 3.05) is 11.9 Å². The van der Waals surface area contributed by atoms with Gasteiger partial charge in [0.25, 0.3) is 0 Å². The molecule has 7 heteroatoms. The second-order valence-electron chi connectivity index (χ2n) is 4.54. The molecule has 0 aliphatic rings. The van der Waals surface area contributed by atoms with Crippen LogP contribution in [0.2, 0.25) is 5.15 Å². The third kappa shape index (κ3) is 4.12. The molecule has 0 aliphatic heterocycles. The van der Waals surface area contributed by atoms with E-state index in [0.29, 0.717) is 11.6 Å². The van der Waals surface area contributed by atoms with Gasteiger partial charge < -0.3 is 5.32 Å². The molecular weight excluding hydrogens is 315 g/mol. The number of benzene rings is 1. The van der Waals surface area contributed by atoms with Gasteiger partial charge in [0.1, 0.15) is 5.15 Å². The minimum atomic E-state index is -4.47. The maximum atomic E-state index is 12.9. The highest BCUT2D eigenvalue weighted by Crippen LogP contribution is 2.35. The van der Waals surface area contributed by atoms with Crippen LogP contribution in [0.3, 0.4) is 0 Å². The molecular formula is C15H11ClF3N3. The van der Waals surface area contributed by atoms with Crippen LogP contribution in [0.25, 0.3) is 0 Å². The fourth-order valence-corrected chi connectivity index (χ4v) is 2.01. The van der Waals surface area contributed by atoms with Gasteiger partial charge in [0.2, 0.25) is 0 Å².